The first-order valence-electron chi connectivity index (χ1n) is 8.55. The lowest BCUT2D eigenvalue weighted by Gasteiger charge is -2.34. The third kappa shape index (κ3) is 4.76. The van der Waals surface area contributed by atoms with Crippen molar-refractivity contribution in [2.24, 2.45) is 0 Å². The summed E-state index contributed by atoms with van der Waals surface area (Å²) in [5.74, 6) is -0.0383. The lowest BCUT2D eigenvalue weighted by atomic mass is 10.0. The van der Waals surface area contributed by atoms with E-state index in [0.717, 1.165) is 31.5 Å². The van der Waals surface area contributed by atoms with Crippen molar-refractivity contribution in [3.05, 3.63) is 29.7 Å². The molecule has 1 aliphatic rings. The van der Waals surface area contributed by atoms with Crippen LogP contribution in [0.3, 0.4) is 0 Å². The molecule has 2 aromatic heterocycles. The molecule has 1 amide bonds. The van der Waals surface area contributed by atoms with E-state index in [1.807, 2.05) is 0 Å². The monoisotopic (exact) mass is 362 g/mol. The molecule has 3 heterocycles. The van der Waals surface area contributed by atoms with Gasteiger partial charge in [-0.15, -0.1) is 5.10 Å². The van der Waals surface area contributed by atoms with Crippen LogP contribution >= 0.6 is 11.6 Å². The molecular weight excluding hydrogens is 340 g/mol. The third-order valence-corrected chi connectivity index (χ3v) is 4.68. The van der Waals surface area contributed by atoms with Crippen LogP contribution in [0.2, 0.25) is 5.02 Å². The van der Waals surface area contributed by atoms with Gasteiger partial charge < -0.3 is 10.2 Å². The number of rotatable bonds is 5. The van der Waals surface area contributed by atoms with Crippen LogP contribution in [0.25, 0.3) is 11.3 Å². The van der Waals surface area contributed by atoms with Crippen molar-refractivity contribution >= 4 is 17.5 Å². The Morgan fingerprint density at radius 3 is 2.80 bits per heavy atom. The number of likely N-dealkylation sites (tertiary alicyclic amines) is 1. The summed E-state index contributed by atoms with van der Waals surface area (Å²) < 4.78 is 1.54. The predicted octanol–water partition coefficient (Wildman–Crippen LogP) is 1.98. The number of carbonyl (C=O) groups is 1. The van der Waals surface area contributed by atoms with E-state index in [9.17, 15) is 4.79 Å². The molecule has 0 aromatic carbocycles. The van der Waals surface area contributed by atoms with Gasteiger partial charge in [0, 0.05) is 43.1 Å². The Bertz CT molecular complexity index is 723. The van der Waals surface area contributed by atoms with Crippen LogP contribution < -0.4 is 5.32 Å². The zero-order valence-electron chi connectivity index (χ0n) is 14.5. The molecule has 1 saturated heterocycles. The first-order valence-corrected chi connectivity index (χ1v) is 8.93. The molecule has 0 spiro atoms. The number of pyridine rings is 1. The molecule has 3 rings (SSSR count). The van der Waals surface area contributed by atoms with E-state index in [1.54, 1.807) is 24.7 Å². The van der Waals surface area contributed by atoms with E-state index >= 15 is 0 Å². The Balaban J connectivity index is 1.52. The molecule has 134 valence electrons. The Kier molecular flexibility index (Phi) is 5.65. The summed E-state index contributed by atoms with van der Waals surface area (Å²) in [6, 6.07) is 2.57. The minimum absolute atomic E-state index is 0.0383. The van der Waals surface area contributed by atoms with E-state index in [4.69, 9.17) is 11.6 Å². The number of halogens is 1. The first kappa shape index (κ1) is 17.8. The average Bonchev–Trinajstić information content (AvgIpc) is 3.03. The fourth-order valence-corrected chi connectivity index (χ4v) is 3.21. The molecule has 0 radical (unpaired) electrons. The van der Waals surface area contributed by atoms with Crippen molar-refractivity contribution in [3.63, 3.8) is 0 Å². The van der Waals surface area contributed by atoms with Crippen LogP contribution in [-0.4, -0.2) is 56.0 Å². The van der Waals surface area contributed by atoms with Crippen LogP contribution in [0.1, 0.15) is 26.7 Å². The topological polar surface area (TPSA) is 75.9 Å². The Morgan fingerprint density at radius 1 is 1.36 bits per heavy atom. The normalized spacial score (nSPS) is 16.3. The zero-order chi connectivity index (χ0) is 17.8. The van der Waals surface area contributed by atoms with Crippen molar-refractivity contribution < 1.29 is 4.79 Å². The van der Waals surface area contributed by atoms with Crippen molar-refractivity contribution in [1.82, 2.24) is 30.2 Å². The predicted molar refractivity (Wildman–Crippen MR) is 96.1 cm³/mol. The Hall–Kier alpha value is -1.99. The van der Waals surface area contributed by atoms with Gasteiger partial charge in [-0.05, 0) is 32.8 Å². The summed E-state index contributed by atoms with van der Waals surface area (Å²) in [7, 11) is 0. The molecule has 0 unspecified atom stereocenters. The maximum Gasteiger partial charge on any atom is 0.242 e. The number of hydrogen-bond acceptors (Lipinski definition) is 5. The van der Waals surface area contributed by atoms with Crippen LogP contribution in [0.5, 0.6) is 0 Å². The number of amides is 1. The molecule has 1 aliphatic heterocycles. The number of carbonyl (C=O) groups excluding carboxylic acids is 1. The molecule has 0 aliphatic carbocycles. The quantitative estimate of drug-likeness (QED) is 0.880. The largest absolute Gasteiger partial charge is 0.352 e. The standard InChI is InChI=1S/C17H23ClN6O/c1-12(2)23-5-3-15(4-6-23)20-17(25)11-24-10-16(21-22-24)13-7-14(18)9-19-8-13/h7-10,12,15H,3-6,11H2,1-2H3,(H,20,25). The maximum absolute atomic E-state index is 12.2. The lowest BCUT2D eigenvalue weighted by Crippen LogP contribution is -2.47. The number of nitrogens with zero attached hydrogens (tertiary/aromatic N) is 5. The van der Waals surface area contributed by atoms with Gasteiger partial charge in [-0.2, -0.15) is 0 Å². The minimum atomic E-state index is -0.0383. The summed E-state index contributed by atoms with van der Waals surface area (Å²) >= 11 is 5.94. The van der Waals surface area contributed by atoms with Gasteiger partial charge in [0.15, 0.2) is 0 Å². The minimum Gasteiger partial charge on any atom is -0.352 e. The second kappa shape index (κ2) is 7.93. The highest BCUT2D eigenvalue weighted by atomic mass is 35.5. The van der Waals surface area contributed by atoms with E-state index in [0.29, 0.717) is 16.8 Å². The van der Waals surface area contributed by atoms with Gasteiger partial charge >= 0.3 is 0 Å². The van der Waals surface area contributed by atoms with Crippen molar-refractivity contribution in [3.8, 4) is 11.3 Å². The number of aromatic nitrogens is 4. The van der Waals surface area contributed by atoms with Gasteiger partial charge in [-0.25, -0.2) is 4.68 Å². The van der Waals surface area contributed by atoms with Crippen LogP contribution in [-0.2, 0) is 11.3 Å². The van der Waals surface area contributed by atoms with Gasteiger partial charge in [0.2, 0.25) is 5.91 Å². The van der Waals surface area contributed by atoms with Crippen molar-refractivity contribution in [2.75, 3.05) is 13.1 Å². The van der Waals surface area contributed by atoms with Gasteiger partial charge in [0.05, 0.1) is 11.2 Å². The number of piperidine rings is 1. The number of hydrogen-bond donors (Lipinski definition) is 1. The smallest absolute Gasteiger partial charge is 0.242 e. The van der Waals surface area contributed by atoms with Gasteiger partial charge in [-0.1, -0.05) is 16.8 Å². The number of nitrogens with one attached hydrogen (secondary N) is 1. The first-order chi connectivity index (χ1) is 12.0. The van der Waals surface area contributed by atoms with Gasteiger partial charge in [0.25, 0.3) is 0 Å². The maximum atomic E-state index is 12.2. The Morgan fingerprint density at radius 2 is 2.12 bits per heavy atom. The van der Waals surface area contributed by atoms with Gasteiger partial charge in [-0.3, -0.25) is 9.78 Å². The van der Waals surface area contributed by atoms with E-state index in [1.165, 1.54) is 4.68 Å². The van der Waals surface area contributed by atoms with Crippen LogP contribution in [0, 0.1) is 0 Å². The molecular formula is C17H23ClN6O. The SMILES string of the molecule is CC(C)N1CCC(NC(=O)Cn2cc(-c3cncc(Cl)c3)nn2)CC1. The summed E-state index contributed by atoms with van der Waals surface area (Å²) in [5.41, 5.74) is 1.42. The zero-order valence-corrected chi connectivity index (χ0v) is 15.3. The third-order valence-electron chi connectivity index (χ3n) is 4.47. The summed E-state index contributed by atoms with van der Waals surface area (Å²) in [4.78, 5) is 18.7. The molecule has 0 saturated carbocycles. The Labute approximate surface area is 152 Å². The molecule has 2 aromatic rings. The van der Waals surface area contributed by atoms with E-state index < -0.39 is 0 Å². The molecule has 25 heavy (non-hydrogen) atoms. The second-order valence-electron chi connectivity index (χ2n) is 6.66. The molecule has 8 heteroatoms. The van der Waals surface area contributed by atoms with E-state index in [-0.39, 0.29) is 18.5 Å². The van der Waals surface area contributed by atoms with Crippen molar-refractivity contribution in [1.29, 1.82) is 0 Å². The lowest BCUT2D eigenvalue weighted by molar-refractivity contribution is -0.122. The highest BCUT2D eigenvalue weighted by Crippen LogP contribution is 2.18. The summed E-state index contributed by atoms with van der Waals surface area (Å²) in [5, 5.41) is 11.7. The second-order valence-corrected chi connectivity index (χ2v) is 7.10. The summed E-state index contributed by atoms with van der Waals surface area (Å²) in [6.07, 6.45) is 6.94. The van der Waals surface area contributed by atoms with Crippen molar-refractivity contribution in [2.45, 2.75) is 45.3 Å². The van der Waals surface area contributed by atoms with Crippen LogP contribution in [0.15, 0.2) is 24.7 Å². The fraction of sp³-hybridized carbons (Fsp3) is 0.529. The molecule has 0 bridgehead atoms. The summed E-state index contributed by atoms with van der Waals surface area (Å²) in [6.45, 7) is 6.62. The highest BCUT2D eigenvalue weighted by Gasteiger charge is 2.22. The molecule has 1 fully saturated rings. The van der Waals surface area contributed by atoms with E-state index in [2.05, 4.69) is 39.4 Å². The molecule has 1 N–H and O–H groups in total. The van der Waals surface area contributed by atoms with Gasteiger partial charge in [0.1, 0.15) is 12.2 Å². The molecule has 0 atom stereocenters. The van der Waals surface area contributed by atoms with Crippen LogP contribution in [0.4, 0.5) is 0 Å². The highest BCUT2D eigenvalue weighted by molar-refractivity contribution is 6.30. The molecule has 7 nitrogen and oxygen atoms in total. The fourth-order valence-electron chi connectivity index (χ4n) is 3.04. The average molecular weight is 363 g/mol.